The number of nitrogens with zero attached hydrogens (tertiary/aromatic N) is 5. The summed E-state index contributed by atoms with van der Waals surface area (Å²) in [5, 5.41) is 4.79. The molecule has 1 unspecified atom stereocenters. The van der Waals surface area contributed by atoms with Gasteiger partial charge in [-0.3, -0.25) is 9.48 Å². The first-order valence-corrected chi connectivity index (χ1v) is 9.29. The molecular weight excluding hydrogens is 354 g/mol. The molecule has 0 N–H and O–H groups in total. The lowest BCUT2D eigenvalue weighted by molar-refractivity contribution is 0.0302. The van der Waals surface area contributed by atoms with E-state index in [0.29, 0.717) is 36.9 Å². The van der Waals surface area contributed by atoms with Crippen LogP contribution in [-0.2, 0) is 11.8 Å². The average Bonchev–Trinajstić information content (AvgIpc) is 3.30. The van der Waals surface area contributed by atoms with E-state index in [1.165, 1.54) is 0 Å². The van der Waals surface area contributed by atoms with E-state index in [2.05, 4.69) is 15.0 Å². The summed E-state index contributed by atoms with van der Waals surface area (Å²) in [5.41, 5.74) is 1.69. The summed E-state index contributed by atoms with van der Waals surface area (Å²) in [6, 6.07) is 1.95. The monoisotopic (exact) mass is 375 g/mol. The highest BCUT2D eigenvalue weighted by Crippen LogP contribution is 2.38. The SMILES string of the molecule is Cn1cc(C2CCCN2c2ncc(C(=O)N3CCOCC3)cc2Cl)cn1. The molecule has 4 heterocycles. The molecule has 2 aliphatic heterocycles. The zero-order valence-electron chi connectivity index (χ0n) is 14.8. The summed E-state index contributed by atoms with van der Waals surface area (Å²) in [6.07, 6.45) is 7.68. The van der Waals surface area contributed by atoms with Crippen LogP contribution in [0.1, 0.15) is 34.8 Å². The van der Waals surface area contributed by atoms with E-state index < -0.39 is 0 Å². The average molecular weight is 376 g/mol. The number of aryl methyl sites for hydroxylation is 1. The highest BCUT2D eigenvalue weighted by Gasteiger charge is 2.30. The Hall–Kier alpha value is -2.12. The molecule has 0 bridgehead atoms. The van der Waals surface area contributed by atoms with Gasteiger partial charge in [-0.25, -0.2) is 4.98 Å². The van der Waals surface area contributed by atoms with Crippen molar-refractivity contribution in [2.45, 2.75) is 18.9 Å². The second-order valence-electron chi connectivity index (χ2n) is 6.73. The third-order valence-electron chi connectivity index (χ3n) is 5.00. The van der Waals surface area contributed by atoms with Crippen molar-refractivity contribution in [1.82, 2.24) is 19.7 Å². The number of hydrogen-bond acceptors (Lipinski definition) is 5. The first-order valence-electron chi connectivity index (χ1n) is 8.91. The van der Waals surface area contributed by atoms with Crippen LogP contribution in [0.4, 0.5) is 5.82 Å². The van der Waals surface area contributed by atoms with E-state index >= 15 is 0 Å². The zero-order chi connectivity index (χ0) is 18.1. The van der Waals surface area contributed by atoms with E-state index in [4.69, 9.17) is 16.3 Å². The molecule has 2 aromatic heterocycles. The molecule has 2 aliphatic rings. The normalized spacial score (nSPS) is 20.6. The van der Waals surface area contributed by atoms with Gasteiger partial charge in [-0.15, -0.1) is 0 Å². The topological polar surface area (TPSA) is 63.5 Å². The van der Waals surface area contributed by atoms with Crippen LogP contribution in [0.15, 0.2) is 24.7 Å². The summed E-state index contributed by atoms with van der Waals surface area (Å²) in [4.78, 5) is 21.2. The van der Waals surface area contributed by atoms with Crippen LogP contribution in [0.2, 0.25) is 5.02 Å². The Bertz CT molecular complexity index is 803. The number of anilines is 1. The molecule has 8 heteroatoms. The van der Waals surface area contributed by atoms with Crippen LogP contribution in [0.25, 0.3) is 0 Å². The first kappa shape index (κ1) is 17.3. The van der Waals surface area contributed by atoms with E-state index in [1.54, 1.807) is 17.2 Å². The number of carbonyl (C=O) groups is 1. The molecule has 26 heavy (non-hydrogen) atoms. The van der Waals surface area contributed by atoms with Gasteiger partial charge < -0.3 is 14.5 Å². The smallest absolute Gasteiger partial charge is 0.255 e. The minimum Gasteiger partial charge on any atom is -0.378 e. The van der Waals surface area contributed by atoms with Gasteiger partial charge in [0, 0.05) is 44.6 Å². The van der Waals surface area contributed by atoms with E-state index in [9.17, 15) is 4.79 Å². The maximum Gasteiger partial charge on any atom is 0.255 e. The van der Waals surface area contributed by atoms with E-state index in [-0.39, 0.29) is 11.9 Å². The molecule has 0 aromatic carbocycles. The molecule has 0 spiro atoms. The van der Waals surface area contributed by atoms with E-state index in [0.717, 1.165) is 30.8 Å². The molecule has 4 rings (SSSR count). The molecule has 1 atom stereocenters. The Kier molecular flexibility index (Phi) is 4.82. The molecule has 138 valence electrons. The summed E-state index contributed by atoms with van der Waals surface area (Å²) in [6.45, 7) is 3.25. The van der Waals surface area contributed by atoms with Gasteiger partial charge in [0.2, 0.25) is 0 Å². The minimum atomic E-state index is -0.0421. The molecule has 7 nitrogen and oxygen atoms in total. The number of morpholine rings is 1. The Balaban J connectivity index is 1.56. The summed E-state index contributed by atoms with van der Waals surface area (Å²) >= 11 is 6.53. The molecule has 2 saturated heterocycles. The van der Waals surface area contributed by atoms with Gasteiger partial charge in [0.25, 0.3) is 5.91 Å². The summed E-state index contributed by atoms with van der Waals surface area (Å²) in [7, 11) is 1.92. The molecule has 2 fully saturated rings. The van der Waals surface area contributed by atoms with Crippen molar-refractivity contribution in [2.75, 3.05) is 37.7 Å². The van der Waals surface area contributed by atoms with Crippen LogP contribution in [0.5, 0.6) is 0 Å². The van der Waals surface area contributed by atoms with Crippen molar-refractivity contribution in [3.8, 4) is 0 Å². The fourth-order valence-corrected chi connectivity index (χ4v) is 3.96. The number of carbonyl (C=O) groups excluding carboxylic acids is 1. The third kappa shape index (κ3) is 3.29. The Labute approximate surface area is 157 Å². The van der Waals surface area contributed by atoms with Crippen LogP contribution < -0.4 is 4.90 Å². The predicted molar refractivity (Wildman–Crippen MR) is 98.5 cm³/mol. The van der Waals surface area contributed by atoms with Crippen molar-refractivity contribution in [2.24, 2.45) is 7.05 Å². The third-order valence-corrected chi connectivity index (χ3v) is 5.28. The van der Waals surface area contributed by atoms with Crippen LogP contribution >= 0.6 is 11.6 Å². The van der Waals surface area contributed by atoms with Crippen LogP contribution in [-0.4, -0.2) is 58.4 Å². The van der Waals surface area contributed by atoms with Crippen LogP contribution in [0, 0.1) is 0 Å². The molecule has 1 amide bonds. The number of aromatic nitrogens is 3. The van der Waals surface area contributed by atoms with Crippen molar-refractivity contribution in [3.05, 3.63) is 40.8 Å². The second-order valence-corrected chi connectivity index (χ2v) is 7.14. The maximum absolute atomic E-state index is 12.6. The van der Waals surface area contributed by atoms with Crippen molar-refractivity contribution < 1.29 is 9.53 Å². The van der Waals surface area contributed by atoms with Gasteiger partial charge in [0.15, 0.2) is 0 Å². The number of ether oxygens (including phenoxy) is 1. The number of pyridine rings is 1. The lowest BCUT2D eigenvalue weighted by Gasteiger charge is -2.28. The predicted octanol–water partition coefficient (Wildman–Crippen LogP) is 2.28. The largest absolute Gasteiger partial charge is 0.378 e. The molecule has 0 saturated carbocycles. The van der Waals surface area contributed by atoms with Gasteiger partial charge in [0.05, 0.1) is 36.0 Å². The van der Waals surface area contributed by atoms with Gasteiger partial charge >= 0.3 is 0 Å². The maximum atomic E-state index is 12.6. The van der Waals surface area contributed by atoms with Gasteiger partial charge in [-0.1, -0.05) is 11.6 Å². The highest BCUT2D eigenvalue weighted by molar-refractivity contribution is 6.33. The summed E-state index contributed by atoms with van der Waals surface area (Å²) in [5.74, 6) is 0.691. The molecular formula is C18H22ClN5O2. The summed E-state index contributed by atoms with van der Waals surface area (Å²) < 4.78 is 7.11. The molecule has 0 aliphatic carbocycles. The van der Waals surface area contributed by atoms with Gasteiger partial charge in [-0.05, 0) is 18.9 Å². The minimum absolute atomic E-state index is 0.0421. The number of rotatable bonds is 3. The van der Waals surface area contributed by atoms with Crippen LogP contribution in [0.3, 0.4) is 0 Å². The van der Waals surface area contributed by atoms with Gasteiger partial charge in [-0.2, -0.15) is 5.10 Å². The first-order chi connectivity index (χ1) is 12.6. The second kappa shape index (κ2) is 7.25. The number of halogens is 1. The van der Waals surface area contributed by atoms with Gasteiger partial charge in [0.1, 0.15) is 5.82 Å². The standard InChI is InChI=1S/C18H22ClN5O2/c1-22-12-14(11-21-22)16-3-2-4-24(16)17-15(19)9-13(10-20-17)18(25)23-5-7-26-8-6-23/h9-12,16H,2-8H2,1H3. The zero-order valence-corrected chi connectivity index (χ0v) is 15.5. The lowest BCUT2D eigenvalue weighted by Crippen LogP contribution is -2.40. The molecule has 2 aromatic rings. The number of amides is 1. The Morgan fingerprint density at radius 2 is 2.08 bits per heavy atom. The fourth-order valence-electron chi connectivity index (χ4n) is 3.69. The molecule has 0 radical (unpaired) electrons. The van der Waals surface area contributed by atoms with E-state index in [1.807, 2.05) is 24.1 Å². The lowest BCUT2D eigenvalue weighted by atomic mass is 10.1. The quantitative estimate of drug-likeness (QED) is 0.823. The Morgan fingerprint density at radius 3 is 2.77 bits per heavy atom. The van der Waals surface area contributed by atoms with Crippen molar-refractivity contribution >= 4 is 23.3 Å². The highest BCUT2D eigenvalue weighted by atomic mass is 35.5. The Morgan fingerprint density at radius 1 is 1.27 bits per heavy atom. The van der Waals surface area contributed by atoms with Crippen molar-refractivity contribution in [3.63, 3.8) is 0 Å². The fraction of sp³-hybridized carbons (Fsp3) is 0.500. The van der Waals surface area contributed by atoms with Crippen molar-refractivity contribution in [1.29, 1.82) is 0 Å². The number of hydrogen-bond donors (Lipinski definition) is 0.